The third-order valence-electron chi connectivity index (χ3n) is 8.45. The van der Waals surface area contributed by atoms with E-state index in [1.165, 1.54) is 76.6 Å². The molecular formula is C29H37N5O. The lowest BCUT2D eigenvalue weighted by molar-refractivity contribution is 0.0294. The zero-order chi connectivity index (χ0) is 24.1. The van der Waals surface area contributed by atoms with Crippen molar-refractivity contribution < 1.29 is 4.74 Å². The van der Waals surface area contributed by atoms with Crippen molar-refractivity contribution in [3.8, 4) is 11.3 Å². The molecule has 3 aromatic heterocycles. The van der Waals surface area contributed by atoms with Crippen LogP contribution in [0.15, 0.2) is 30.7 Å². The fraction of sp³-hybridized carbons (Fsp3) is 0.517. The van der Waals surface area contributed by atoms with Gasteiger partial charge in [-0.15, -0.1) is 10.2 Å². The Balaban J connectivity index is 1.38. The summed E-state index contributed by atoms with van der Waals surface area (Å²) in [5.74, 6) is 0.413. The van der Waals surface area contributed by atoms with E-state index in [1.807, 2.05) is 4.40 Å². The van der Waals surface area contributed by atoms with Gasteiger partial charge in [-0.1, -0.05) is 19.9 Å². The fourth-order valence-corrected chi connectivity index (χ4v) is 6.51. The molecule has 35 heavy (non-hydrogen) atoms. The van der Waals surface area contributed by atoms with Crippen molar-refractivity contribution in [3.63, 3.8) is 0 Å². The number of hydrogen-bond acceptors (Lipinski definition) is 4. The molecule has 2 aliphatic rings. The van der Waals surface area contributed by atoms with Crippen molar-refractivity contribution in [3.05, 3.63) is 53.0 Å². The molecule has 0 radical (unpaired) electrons. The first-order valence-electron chi connectivity index (χ1n) is 13.3. The number of nitrogens with zero attached hydrogens (tertiary/aromatic N) is 4. The summed E-state index contributed by atoms with van der Waals surface area (Å²) in [4.78, 5) is 6.58. The predicted octanol–water partition coefficient (Wildman–Crippen LogP) is 5.80. The molecule has 0 amide bonds. The molecule has 1 unspecified atom stereocenters. The molecular weight excluding hydrogens is 434 g/mol. The van der Waals surface area contributed by atoms with Crippen molar-refractivity contribution in [2.24, 2.45) is 0 Å². The minimum atomic E-state index is 0.413. The van der Waals surface area contributed by atoms with Gasteiger partial charge >= 0.3 is 0 Å². The van der Waals surface area contributed by atoms with Crippen LogP contribution in [0.1, 0.15) is 67.7 Å². The van der Waals surface area contributed by atoms with Crippen molar-refractivity contribution in [1.29, 1.82) is 0 Å². The lowest BCUT2D eigenvalue weighted by Gasteiger charge is -2.35. The van der Waals surface area contributed by atoms with Crippen molar-refractivity contribution in [2.75, 3.05) is 19.8 Å². The number of aromatic nitrogens is 4. The van der Waals surface area contributed by atoms with Gasteiger partial charge in [0.2, 0.25) is 0 Å². The number of pyridine rings is 1. The number of nitrogens with one attached hydrogen (secondary N) is 1. The average Bonchev–Trinajstić information content (AvgIpc) is 3.60. The Hall–Kier alpha value is -2.70. The highest BCUT2D eigenvalue weighted by molar-refractivity contribution is 5.92. The molecule has 1 aromatic carbocycles. The Bertz CT molecular complexity index is 1360. The van der Waals surface area contributed by atoms with Gasteiger partial charge in [0, 0.05) is 48.0 Å². The summed E-state index contributed by atoms with van der Waals surface area (Å²) in [5.41, 5.74) is 9.93. The molecule has 0 aliphatic carbocycles. The van der Waals surface area contributed by atoms with Crippen molar-refractivity contribution >= 4 is 16.6 Å². The summed E-state index contributed by atoms with van der Waals surface area (Å²) < 4.78 is 7.68. The minimum absolute atomic E-state index is 0.413. The largest absolute Gasteiger partial charge is 0.381 e. The Morgan fingerprint density at radius 2 is 1.94 bits per heavy atom. The minimum Gasteiger partial charge on any atom is -0.381 e. The summed E-state index contributed by atoms with van der Waals surface area (Å²) in [6.45, 7) is 12.0. The van der Waals surface area contributed by atoms with Crippen LogP contribution in [0.3, 0.4) is 0 Å². The smallest absolute Gasteiger partial charge is 0.163 e. The second-order valence-corrected chi connectivity index (χ2v) is 10.9. The zero-order valence-corrected chi connectivity index (χ0v) is 21.5. The number of hydrogen-bond donors (Lipinski definition) is 1. The van der Waals surface area contributed by atoms with Crippen molar-refractivity contribution in [2.45, 2.75) is 77.8 Å². The topological polar surface area (TPSA) is 58.5 Å². The van der Waals surface area contributed by atoms with Crippen molar-refractivity contribution in [1.82, 2.24) is 24.5 Å². The van der Waals surface area contributed by atoms with Gasteiger partial charge in [0.05, 0.1) is 5.69 Å². The second kappa shape index (κ2) is 9.07. The maximum atomic E-state index is 5.63. The molecule has 6 heteroatoms. The van der Waals surface area contributed by atoms with Gasteiger partial charge in [0.15, 0.2) is 5.65 Å². The maximum absolute atomic E-state index is 5.63. The molecule has 0 bridgehead atoms. The zero-order valence-electron chi connectivity index (χ0n) is 21.5. The number of H-pyrrole nitrogens is 1. The quantitative estimate of drug-likeness (QED) is 0.399. The highest BCUT2D eigenvalue weighted by Crippen LogP contribution is 2.39. The molecule has 2 fully saturated rings. The van der Waals surface area contributed by atoms with Crippen LogP contribution in [0, 0.1) is 13.8 Å². The van der Waals surface area contributed by atoms with Crippen LogP contribution in [0.4, 0.5) is 0 Å². The third-order valence-corrected chi connectivity index (χ3v) is 8.45. The van der Waals surface area contributed by atoms with Crippen LogP contribution in [-0.4, -0.2) is 56.3 Å². The number of fused-ring (bicyclic) bond motifs is 2. The first-order valence-corrected chi connectivity index (χ1v) is 13.3. The van der Waals surface area contributed by atoms with Gasteiger partial charge in [-0.3, -0.25) is 9.30 Å². The SMILES string of the molecule is Cc1c(-c2[nH]c3ccc(CC4CCCN4C4CCOCC4)cc3c2C(C)C)cn2cnnc2c1C. The summed E-state index contributed by atoms with van der Waals surface area (Å²) in [5, 5.41) is 9.80. The molecule has 4 aromatic rings. The lowest BCUT2D eigenvalue weighted by atomic mass is 9.92. The summed E-state index contributed by atoms with van der Waals surface area (Å²) in [6.07, 6.45) is 10.1. The van der Waals surface area contributed by atoms with Gasteiger partial charge in [-0.05, 0) is 92.8 Å². The standard InChI is InChI=1S/C29H37N5O/c1-18(2)27-24-15-21(14-23-6-5-11-34(23)22-9-12-35-13-10-22)7-8-26(24)31-28(27)25-16-33-17-30-32-29(33)20(4)19(25)3/h7-8,15-18,22-23,31H,5-6,9-14H2,1-4H3. The molecule has 6 rings (SSSR count). The second-order valence-electron chi connectivity index (χ2n) is 10.9. The fourth-order valence-electron chi connectivity index (χ4n) is 6.51. The van der Waals surface area contributed by atoms with Crippen LogP contribution in [0.2, 0.25) is 0 Å². The van der Waals surface area contributed by atoms with Gasteiger partial charge in [0.25, 0.3) is 0 Å². The molecule has 1 N–H and O–H groups in total. The first-order chi connectivity index (χ1) is 17.0. The van der Waals surface area contributed by atoms with E-state index in [0.29, 0.717) is 18.0 Å². The van der Waals surface area contributed by atoms with E-state index in [1.54, 1.807) is 6.33 Å². The highest BCUT2D eigenvalue weighted by Gasteiger charge is 2.32. The molecule has 5 heterocycles. The number of benzene rings is 1. The van der Waals surface area contributed by atoms with Crippen LogP contribution in [0.5, 0.6) is 0 Å². The molecule has 0 spiro atoms. The number of aromatic amines is 1. The van der Waals surface area contributed by atoms with E-state index in [2.05, 4.69) is 72.2 Å². The first kappa shape index (κ1) is 22.7. The highest BCUT2D eigenvalue weighted by atomic mass is 16.5. The number of rotatable bonds is 5. The Morgan fingerprint density at radius 1 is 1.11 bits per heavy atom. The van der Waals surface area contributed by atoms with E-state index < -0.39 is 0 Å². The van der Waals surface area contributed by atoms with Crippen LogP contribution in [0.25, 0.3) is 27.8 Å². The maximum Gasteiger partial charge on any atom is 0.163 e. The number of aryl methyl sites for hydroxylation is 1. The number of likely N-dealkylation sites (tertiary alicyclic amines) is 1. The van der Waals surface area contributed by atoms with Gasteiger partial charge < -0.3 is 9.72 Å². The summed E-state index contributed by atoms with van der Waals surface area (Å²) in [7, 11) is 0. The Morgan fingerprint density at radius 3 is 2.74 bits per heavy atom. The summed E-state index contributed by atoms with van der Waals surface area (Å²) in [6, 6.07) is 8.45. The number of ether oxygens (including phenoxy) is 1. The van der Waals surface area contributed by atoms with E-state index in [0.717, 1.165) is 25.3 Å². The summed E-state index contributed by atoms with van der Waals surface area (Å²) >= 11 is 0. The third kappa shape index (κ3) is 3.97. The van der Waals surface area contributed by atoms with E-state index in [-0.39, 0.29) is 0 Å². The predicted molar refractivity (Wildman–Crippen MR) is 141 cm³/mol. The van der Waals surface area contributed by atoms with E-state index >= 15 is 0 Å². The van der Waals surface area contributed by atoms with Crippen LogP contribution < -0.4 is 0 Å². The molecule has 1 atom stereocenters. The van der Waals surface area contributed by atoms with Crippen LogP contribution in [-0.2, 0) is 11.2 Å². The molecule has 2 saturated heterocycles. The van der Waals surface area contributed by atoms with Crippen LogP contribution >= 0.6 is 0 Å². The van der Waals surface area contributed by atoms with Gasteiger partial charge in [-0.2, -0.15) is 0 Å². The van der Waals surface area contributed by atoms with E-state index in [4.69, 9.17) is 4.74 Å². The monoisotopic (exact) mass is 471 g/mol. The molecule has 6 nitrogen and oxygen atoms in total. The Labute approximate surface area is 207 Å². The molecule has 184 valence electrons. The lowest BCUT2D eigenvalue weighted by Crippen LogP contribution is -2.43. The Kier molecular flexibility index (Phi) is 5.89. The van der Waals surface area contributed by atoms with Gasteiger partial charge in [-0.25, -0.2) is 0 Å². The van der Waals surface area contributed by atoms with E-state index in [9.17, 15) is 0 Å². The molecule has 2 aliphatic heterocycles. The normalized spacial score (nSPS) is 20.1. The van der Waals surface area contributed by atoms with Gasteiger partial charge in [0.1, 0.15) is 6.33 Å². The molecule has 0 saturated carbocycles. The average molecular weight is 472 g/mol.